The van der Waals surface area contributed by atoms with Gasteiger partial charge in [0.1, 0.15) is 0 Å². The number of imide groups is 1. The fraction of sp³-hybridized carbons (Fsp3) is 0.412. The average Bonchev–Trinajstić information content (AvgIpc) is 2.96. The zero-order chi connectivity index (χ0) is 18.1. The normalized spacial score (nSPS) is 20.2. The van der Waals surface area contributed by atoms with Gasteiger partial charge in [0.15, 0.2) is 0 Å². The van der Waals surface area contributed by atoms with Crippen molar-refractivity contribution < 1.29 is 14.2 Å². The van der Waals surface area contributed by atoms with Crippen molar-refractivity contribution in [2.24, 2.45) is 4.99 Å². The number of hydrogen-bond donors (Lipinski definition) is 1. The largest absolute Gasteiger partial charge is 0.390 e. The van der Waals surface area contributed by atoms with Crippen LogP contribution in [0.25, 0.3) is 0 Å². The van der Waals surface area contributed by atoms with Crippen LogP contribution >= 0.6 is 11.6 Å². The van der Waals surface area contributed by atoms with Gasteiger partial charge in [0.2, 0.25) is 11.9 Å². The van der Waals surface area contributed by atoms with E-state index in [4.69, 9.17) is 11.6 Å². The molecule has 0 radical (unpaired) electrons. The van der Waals surface area contributed by atoms with Crippen LogP contribution in [0.5, 0.6) is 0 Å². The Morgan fingerprint density at radius 3 is 2.64 bits per heavy atom. The van der Waals surface area contributed by atoms with Crippen molar-refractivity contribution in [3.63, 3.8) is 0 Å². The number of hydrogen-bond acceptors (Lipinski definition) is 4. The summed E-state index contributed by atoms with van der Waals surface area (Å²) >= 11 is 6.29. The van der Waals surface area contributed by atoms with Crippen LogP contribution in [0.15, 0.2) is 29.3 Å². The van der Waals surface area contributed by atoms with Crippen LogP contribution in [-0.4, -0.2) is 64.8 Å². The molecule has 2 aliphatic rings. The molecule has 1 N–H and O–H groups in total. The van der Waals surface area contributed by atoms with Crippen molar-refractivity contribution in [2.45, 2.75) is 25.9 Å². The van der Waals surface area contributed by atoms with Crippen molar-refractivity contribution >= 4 is 35.3 Å². The molecule has 0 saturated carbocycles. The number of carbonyl (C=O) groups is 2. The molecule has 1 saturated heterocycles. The highest BCUT2D eigenvalue weighted by molar-refractivity contribution is 6.31. The highest BCUT2D eigenvalue weighted by Crippen LogP contribution is 2.22. The lowest BCUT2D eigenvalue weighted by Crippen LogP contribution is -2.61. The van der Waals surface area contributed by atoms with Crippen LogP contribution < -0.4 is 5.32 Å². The maximum Gasteiger partial charge on any atom is 0.390 e. The average molecular weight is 363 g/mol. The number of benzene rings is 1. The van der Waals surface area contributed by atoms with Gasteiger partial charge in [-0.2, -0.15) is 0 Å². The van der Waals surface area contributed by atoms with E-state index in [2.05, 4.69) is 17.2 Å². The standard InChI is InChI=1S/C17H20ClN5O2/c1-4-9-19-16-20-14-13(15(24)22(3)17(25)21(14)2)23(16)10-11-7-5-6-8-12(11)18/h5-8,13H,4,9-10H2,1-3H3/p+1. The number of fused-ring (bicyclic) bond motifs is 1. The number of rotatable bonds is 4. The van der Waals surface area contributed by atoms with E-state index in [9.17, 15) is 9.59 Å². The third kappa shape index (κ3) is 3.00. The van der Waals surface area contributed by atoms with Crippen molar-refractivity contribution in [1.82, 2.24) is 15.1 Å². The van der Waals surface area contributed by atoms with E-state index in [1.165, 1.54) is 11.9 Å². The fourth-order valence-electron chi connectivity index (χ4n) is 2.95. The lowest BCUT2D eigenvalue weighted by atomic mass is 10.1. The number of likely N-dealkylation sites (N-methyl/N-ethyl adjacent to an activating group) is 2. The van der Waals surface area contributed by atoms with Gasteiger partial charge < -0.3 is 0 Å². The molecule has 3 rings (SSSR count). The van der Waals surface area contributed by atoms with Crippen molar-refractivity contribution in [3.8, 4) is 0 Å². The number of amides is 3. The van der Waals surface area contributed by atoms with Crippen LogP contribution in [0.4, 0.5) is 4.79 Å². The van der Waals surface area contributed by atoms with E-state index >= 15 is 0 Å². The number of amidine groups is 1. The molecule has 0 bridgehead atoms. The van der Waals surface area contributed by atoms with Crippen molar-refractivity contribution in [2.75, 3.05) is 20.6 Å². The molecule has 3 amide bonds. The third-order valence-corrected chi connectivity index (χ3v) is 4.73. The number of urea groups is 1. The van der Waals surface area contributed by atoms with E-state index in [1.807, 2.05) is 28.8 Å². The summed E-state index contributed by atoms with van der Waals surface area (Å²) in [5.41, 5.74) is 0.895. The second-order valence-electron chi connectivity index (χ2n) is 6.08. The summed E-state index contributed by atoms with van der Waals surface area (Å²) in [6, 6.07) is 6.49. The quantitative estimate of drug-likeness (QED) is 0.825. The highest BCUT2D eigenvalue weighted by atomic mass is 35.5. The van der Waals surface area contributed by atoms with Crippen molar-refractivity contribution in [1.29, 1.82) is 0 Å². The lowest BCUT2D eigenvalue weighted by Gasteiger charge is -2.31. The molecule has 0 aliphatic carbocycles. The Morgan fingerprint density at radius 2 is 1.96 bits per heavy atom. The zero-order valence-electron chi connectivity index (χ0n) is 14.5. The van der Waals surface area contributed by atoms with Gasteiger partial charge in [-0.25, -0.2) is 9.37 Å². The Labute approximate surface area is 151 Å². The summed E-state index contributed by atoms with van der Waals surface area (Å²) in [6.07, 6.45) is 0.918. The number of guanidine groups is 1. The van der Waals surface area contributed by atoms with Crippen LogP contribution in [0.1, 0.15) is 18.9 Å². The van der Waals surface area contributed by atoms with Gasteiger partial charge in [-0.05, 0) is 12.5 Å². The molecule has 1 unspecified atom stereocenters. The third-order valence-electron chi connectivity index (χ3n) is 4.36. The number of nitrogens with zero attached hydrogens (tertiary/aromatic N) is 4. The lowest BCUT2D eigenvalue weighted by molar-refractivity contribution is -0.553. The van der Waals surface area contributed by atoms with Gasteiger partial charge in [-0.3, -0.25) is 19.9 Å². The Morgan fingerprint density at radius 1 is 1.24 bits per heavy atom. The zero-order valence-corrected chi connectivity index (χ0v) is 15.2. The van der Waals surface area contributed by atoms with E-state index in [-0.39, 0.29) is 11.9 Å². The second-order valence-corrected chi connectivity index (χ2v) is 6.49. The molecular weight excluding hydrogens is 342 g/mol. The monoisotopic (exact) mass is 362 g/mol. The first-order chi connectivity index (χ1) is 12.0. The Kier molecular flexibility index (Phi) is 4.76. The first-order valence-corrected chi connectivity index (χ1v) is 8.58. The molecule has 0 aromatic heterocycles. The maximum absolute atomic E-state index is 12.7. The maximum atomic E-state index is 12.7. The molecule has 1 fully saturated rings. The van der Waals surface area contributed by atoms with Crippen LogP contribution in [0.2, 0.25) is 5.02 Å². The summed E-state index contributed by atoms with van der Waals surface area (Å²) in [5.74, 6) is 0.742. The highest BCUT2D eigenvalue weighted by Gasteiger charge is 2.51. The minimum atomic E-state index is -0.636. The SMILES string of the molecule is CCCNC1=[N+](Cc2ccccc2Cl)C2C(=O)N(C)C(=O)N(C)C2=N1. The first kappa shape index (κ1) is 17.4. The van der Waals surface area contributed by atoms with Gasteiger partial charge in [0, 0.05) is 24.7 Å². The Bertz CT molecular complexity index is 789. The smallest absolute Gasteiger partial charge is 0.275 e. The first-order valence-electron chi connectivity index (χ1n) is 8.20. The molecule has 2 aliphatic heterocycles. The minimum absolute atomic E-state index is 0.290. The minimum Gasteiger partial charge on any atom is -0.275 e. The second kappa shape index (κ2) is 6.84. The molecule has 25 heavy (non-hydrogen) atoms. The predicted octanol–water partition coefficient (Wildman–Crippen LogP) is 1.51. The number of carbonyl (C=O) groups excluding carboxylic acids is 2. The molecule has 2 heterocycles. The fourth-order valence-corrected chi connectivity index (χ4v) is 3.15. The van der Waals surface area contributed by atoms with Crippen LogP contribution in [0, 0.1) is 0 Å². The van der Waals surface area contributed by atoms with E-state index in [1.54, 1.807) is 7.05 Å². The van der Waals surface area contributed by atoms with Gasteiger partial charge in [-0.15, -0.1) is 0 Å². The van der Waals surface area contributed by atoms with Crippen LogP contribution in [0.3, 0.4) is 0 Å². The molecule has 1 atom stereocenters. The van der Waals surface area contributed by atoms with Crippen LogP contribution in [-0.2, 0) is 11.3 Å². The molecule has 0 spiro atoms. The molecule has 1 aromatic rings. The Hall–Kier alpha value is -2.41. The number of nitrogens with one attached hydrogen (secondary N) is 1. The van der Waals surface area contributed by atoms with E-state index < -0.39 is 6.04 Å². The topological polar surface area (TPSA) is 68.0 Å². The van der Waals surface area contributed by atoms with E-state index in [0.717, 1.165) is 23.4 Å². The summed E-state index contributed by atoms with van der Waals surface area (Å²) in [5, 5.41) is 3.88. The molecule has 8 heteroatoms. The van der Waals surface area contributed by atoms with Gasteiger partial charge in [0.05, 0.1) is 13.1 Å². The summed E-state index contributed by atoms with van der Waals surface area (Å²) in [6.45, 7) is 3.19. The summed E-state index contributed by atoms with van der Waals surface area (Å²) in [4.78, 5) is 32.0. The summed E-state index contributed by atoms with van der Waals surface area (Å²) < 4.78 is 1.87. The molecular formula is C17H21ClN5O2+. The van der Waals surface area contributed by atoms with Gasteiger partial charge in [-0.1, -0.05) is 41.7 Å². The molecule has 7 nitrogen and oxygen atoms in total. The van der Waals surface area contributed by atoms with Crippen molar-refractivity contribution in [3.05, 3.63) is 34.9 Å². The number of aliphatic imine (C=N–C) groups is 1. The molecule has 132 valence electrons. The number of halogens is 1. The van der Waals surface area contributed by atoms with E-state index in [0.29, 0.717) is 23.4 Å². The molecule has 1 aromatic carbocycles. The predicted molar refractivity (Wildman–Crippen MR) is 95.9 cm³/mol. The summed E-state index contributed by atoms with van der Waals surface area (Å²) in [7, 11) is 3.12. The van der Waals surface area contributed by atoms with Gasteiger partial charge in [0.25, 0.3) is 5.91 Å². The Balaban J connectivity index is 2.01. The van der Waals surface area contributed by atoms with Gasteiger partial charge >= 0.3 is 12.0 Å².